The van der Waals surface area contributed by atoms with E-state index in [9.17, 15) is 9.59 Å². The van der Waals surface area contributed by atoms with Crippen LogP contribution in [0.3, 0.4) is 0 Å². The SMILES string of the molecule is COC(=O)/C=C\c1ccccc1-c1ccc2oc(N3CCOCC3)cc(=O)c2c1. The van der Waals surface area contributed by atoms with E-state index in [1.165, 1.54) is 13.2 Å². The number of ether oxygens (including phenoxy) is 2. The van der Waals surface area contributed by atoms with Gasteiger partial charge in [0.15, 0.2) is 11.3 Å². The molecule has 2 aromatic carbocycles. The van der Waals surface area contributed by atoms with Crippen LogP contribution in [0.1, 0.15) is 5.56 Å². The number of hydrogen-bond acceptors (Lipinski definition) is 6. The maximum Gasteiger partial charge on any atom is 0.330 e. The predicted molar refractivity (Wildman–Crippen MR) is 112 cm³/mol. The Labute approximate surface area is 168 Å². The van der Waals surface area contributed by atoms with Crippen molar-refractivity contribution in [3.63, 3.8) is 0 Å². The van der Waals surface area contributed by atoms with Crippen LogP contribution in [0.4, 0.5) is 5.88 Å². The number of carbonyl (C=O) groups is 1. The Balaban J connectivity index is 1.73. The first-order valence-corrected chi connectivity index (χ1v) is 9.42. The number of nitrogens with zero attached hydrogens (tertiary/aromatic N) is 1. The first-order chi connectivity index (χ1) is 14.2. The lowest BCUT2D eigenvalue weighted by molar-refractivity contribution is -0.134. The average Bonchev–Trinajstić information content (AvgIpc) is 2.78. The maximum absolute atomic E-state index is 12.8. The van der Waals surface area contributed by atoms with E-state index in [-0.39, 0.29) is 5.43 Å². The van der Waals surface area contributed by atoms with E-state index in [2.05, 4.69) is 4.74 Å². The van der Waals surface area contributed by atoms with Gasteiger partial charge >= 0.3 is 5.97 Å². The quantitative estimate of drug-likeness (QED) is 0.501. The second-order valence-electron chi connectivity index (χ2n) is 6.70. The number of carbonyl (C=O) groups excluding carboxylic acids is 1. The van der Waals surface area contributed by atoms with E-state index >= 15 is 0 Å². The summed E-state index contributed by atoms with van der Waals surface area (Å²) in [4.78, 5) is 26.2. The number of rotatable bonds is 4. The van der Waals surface area contributed by atoms with Gasteiger partial charge in [-0.25, -0.2) is 4.79 Å². The molecule has 1 saturated heterocycles. The van der Waals surface area contributed by atoms with Gasteiger partial charge in [-0.05, 0) is 34.9 Å². The summed E-state index contributed by atoms with van der Waals surface area (Å²) in [6.45, 7) is 2.64. The zero-order valence-corrected chi connectivity index (χ0v) is 16.1. The summed E-state index contributed by atoms with van der Waals surface area (Å²) < 4.78 is 16.0. The predicted octanol–water partition coefficient (Wildman–Crippen LogP) is 3.48. The Morgan fingerprint density at radius 2 is 1.90 bits per heavy atom. The molecule has 3 aromatic rings. The van der Waals surface area contributed by atoms with Gasteiger partial charge in [-0.15, -0.1) is 0 Å². The van der Waals surface area contributed by atoms with E-state index in [0.29, 0.717) is 43.2 Å². The zero-order chi connectivity index (χ0) is 20.2. The van der Waals surface area contributed by atoms with E-state index < -0.39 is 5.97 Å². The van der Waals surface area contributed by atoms with Crippen molar-refractivity contribution in [3.05, 3.63) is 70.4 Å². The Kier molecular flexibility index (Phi) is 5.44. The molecule has 0 atom stereocenters. The minimum Gasteiger partial charge on any atom is -0.466 e. The second-order valence-corrected chi connectivity index (χ2v) is 6.70. The lowest BCUT2D eigenvalue weighted by Crippen LogP contribution is -2.36. The van der Waals surface area contributed by atoms with Crippen LogP contribution in [-0.4, -0.2) is 39.4 Å². The first kappa shape index (κ1) is 19.0. The van der Waals surface area contributed by atoms with Gasteiger partial charge in [-0.3, -0.25) is 4.79 Å². The van der Waals surface area contributed by atoms with Crippen molar-refractivity contribution in [2.45, 2.75) is 0 Å². The van der Waals surface area contributed by atoms with Gasteiger partial charge < -0.3 is 18.8 Å². The Morgan fingerprint density at radius 1 is 1.10 bits per heavy atom. The Bertz CT molecular complexity index is 1130. The highest BCUT2D eigenvalue weighted by Crippen LogP contribution is 2.28. The highest BCUT2D eigenvalue weighted by atomic mass is 16.5. The molecule has 6 nitrogen and oxygen atoms in total. The first-order valence-electron chi connectivity index (χ1n) is 9.42. The molecule has 4 rings (SSSR count). The number of anilines is 1. The molecule has 0 spiro atoms. The zero-order valence-electron chi connectivity index (χ0n) is 16.1. The third-order valence-electron chi connectivity index (χ3n) is 4.91. The van der Waals surface area contributed by atoms with E-state index in [0.717, 1.165) is 16.7 Å². The van der Waals surface area contributed by atoms with E-state index in [1.54, 1.807) is 12.1 Å². The van der Waals surface area contributed by atoms with Crippen LogP contribution in [0.2, 0.25) is 0 Å². The van der Waals surface area contributed by atoms with Gasteiger partial charge in [0.25, 0.3) is 0 Å². The molecule has 0 saturated carbocycles. The summed E-state index contributed by atoms with van der Waals surface area (Å²) in [5.74, 6) is 0.148. The molecule has 6 heteroatoms. The van der Waals surface area contributed by atoms with Crippen LogP contribution < -0.4 is 10.3 Å². The highest BCUT2D eigenvalue weighted by molar-refractivity contribution is 5.90. The van der Waals surface area contributed by atoms with Crippen molar-refractivity contribution < 1.29 is 18.7 Å². The van der Waals surface area contributed by atoms with Crippen LogP contribution in [0.25, 0.3) is 28.2 Å². The van der Waals surface area contributed by atoms with Crippen LogP contribution in [0.15, 0.2) is 63.8 Å². The van der Waals surface area contributed by atoms with Gasteiger partial charge in [0, 0.05) is 25.2 Å². The fraction of sp³-hybridized carbons (Fsp3) is 0.217. The summed E-state index contributed by atoms with van der Waals surface area (Å²) in [6, 6.07) is 14.8. The standard InChI is InChI=1S/C23H21NO5/c1-27-23(26)9-7-16-4-2-3-5-18(16)17-6-8-21-19(14-17)20(25)15-22(29-21)24-10-12-28-13-11-24/h2-9,14-15H,10-13H2,1H3/b9-7-. The maximum atomic E-state index is 12.8. The third-order valence-corrected chi connectivity index (χ3v) is 4.91. The summed E-state index contributed by atoms with van der Waals surface area (Å²) in [6.07, 6.45) is 3.08. The molecule has 0 bridgehead atoms. The van der Waals surface area contributed by atoms with Crippen molar-refractivity contribution in [1.82, 2.24) is 0 Å². The van der Waals surface area contributed by atoms with Crippen molar-refractivity contribution in [2.75, 3.05) is 38.3 Å². The molecule has 29 heavy (non-hydrogen) atoms. The average molecular weight is 391 g/mol. The molecule has 0 aliphatic carbocycles. The van der Waals surface area contributed by atoms with Crippen molar-refractivity contribution in [2.24, 2.45) is 0 Å². The molecule has 148 valence electrons. The number of methoxy groups -OCH3 is 1. The molecule has 1 aliphatic rings. The normalized spacial score (nSPS) is 14.4. The molecule has 0 unspecified atom stereocenters. The van der Waals surface area contributed by atoms with Crippen LogP contribution in [-0.2, 0) is 14.3 Å². The molecule has 0 amide bonds. The van der Waals surface area contributed by atoms with Crippen LogP contribution in [0.5, 0.6) is 0 Å². The lowest BCUT2D eigenvalue weighted by atomic mass is 9.98. The molecule has 1 fully saturated rings. The number of morpholine rings is 1. The number of esters is 1. The smallest absolute Gasteiger partial charge is 0.330 e. The molecule has 1 aromatic heterocycles. The van der Waals surface area contributed by atoms with Crippen LogP contribution >= 0.6 is 0 Å². The number of benzene rings is 2. The number of fused-ring (bicyclic) bond motifs is 1. The van der Waals surface area contributed by atoms with Gasteiger partial charge in [-0.2, -0.15) is 0 Å². The third kappa shape index (κ3) is 4.07. The largest absolute Gasteiger partial charge is 0.466 e. The molecule has 2 heterocycles. The van der Waals surface area contributed by atoms with E-state index in [4.69, 9.17) is 9.15 Å². The lowest BCUT2D eigenvalue weighted by Gasteiger charge is -2.27. The monoisotopic (exact) mass is 391 g/mol. The molecule has 1 aliphatic heterocycles. The summed E-state index contributed by atoms with van der Waals surface area (Å²) in [7, 11) is 1.34. The molecule has 0 N–H and O–H groups in total. The van der Waals surface area contributed by atoms with Gasteiger partial charge in [-0.1, -0.05) is 30.3 Å². The van der Waals surface area contributed by atoms with Gasteiger partial charge in [0.2, 0.25) is 0 Å². The van der Waals surface area contributed by atoms with Gasteiger partial charge in [0.05, 0.1) is 25.7 Å². The Morgan fingerprint density at radius 3 is 2.69 bits per heavy atom. The number of hydrogen-bond donors (Lipinski definition) is 0. The molecular weight excluding hydrogens is 370 g/mol. The molecular formula is C23H21NO5. The van der Waals surface area contributed by atoms with Gasteiger partial charge in [0.1, 0.15) is 5.58 Å². The minimum absolute atomic E-state index is 0.0859. The summed E-state index contributed by atoms with van der Waals surface area (Å²) >= 11 is 0. The molecule has 0 radical (unpaired) electrons. The Hall–Kier alpha value is -3.38. The van der Waals surface area contributed by atoms with Crippen molar-refractivity contribution >= 4 is 28.9 Å². The van der Waals surface area contributed by atoms with Crippen molar-refractivity contribution in [3.8, 4) is 11.1 Å². The second kappa shape index (κ2) is 8.32. The summed E-state index contributed by atoms with van der Waals surface area (Å²) in [5, 5.41) is 0.520. The van der Waals surface area contributed by atoms with Crippen LogP contribution in [0, 0.1) is 0 Å². The van der Waals surface area contributed by atoms with E-state index in [1.807, 2.05) is 47.4 Å². The summed E-state index contributed by atoms with van der Waals surface area (Å²) in [5.41, 5.74) is 3.09. The highest BCUT2D eigenvalue weighted by Gasteiger charge is 2.16. The van der Waals surface area contributed by atoms with Crippen molar-refractivity contribution in [1.29, 1.82) is 0 Å². The fourth-order valence-corrected chi connectivity index (χ4v) is 3.38. The minimum atomic E-state index is -0.422. The topological polar surface area (TPSA) is 69.0 Å². The fourth-order valence-electron chi connectivity index (χ4n) is 3.38.